The average molecular weight is 422 g/mol. The molecule has 2 aliphatic rings. The number of rotatable bonds is 5. The van der Waals surface area contributed by atoms with E-state index in [9.17, 15) is 18.3 Å². The van der Waals surface area contributed by atoms with Crippen LogP contribution in [0.1, 0.15) is 71.8 Å². The van der Waals surface area contributed by atoms with Crippen molar-refractivity contribution in [1.82, 2.24) is 0 Å². The summed E-state index contributed by atoms with van der Waals surface area (Å²) >= 11 is 0. The highest BCUT2D eigenvalue weighted by Gasteiger charge is 2.52. The summed E-state index contributed by atoms with van der Waals surface area (Å²) in [5, 5.41) is 10.8. The first-order valence-corrected chi connectivity index (χ1v) is 12.6. The lowest BCUT2D eigenvalue weighted by Gasteiger charge is -2.40. The Balaban J connectivity index is 1.69. The smallest absolute Gasteiger partial charge is 0.233 e. The maximum absolute atomic E-state index is 13.3. The van der Waals surface area contributed by atoms with Crippen LogP contribution in [0.5, 0.6) is 0 Å². The molecule has 29 heavy (non-hydrogen) atoms. The molecule has 1 amide bonds. The van der Waals surface area contributed by atoms with Gasteiger partial charge >= 0.3 is 0 Å². The number of aliphatic hydroxyl groups is 1. The van der Waals surface area contributed by atoms with Gasteiger partial charge in [-0.3, -0.25) is 4.79 Å². The highest BCUT2D eigenvalue weighted by Crippen LogP contribution is 2.49. The summed E-state index contributed by atoms with van der Waals surface area (Å²) in [6, 6.07) is 8.22. The summed E-state index contributed by atoms with van der Waals surface area (Å²) in [6.07, 6.45) is 3.19. The Kier molecular flexibility index (Phi) is 5.91. The molecule has 0 radical (unpaired) electrons. The van der Waals surface area contributed by atoms with E-state index in [0.29, 0.717) is 38.6 Å². The van der Waals surface area contributed by atoms with Gasteiger partial charge in [0.15, 0.2) is 9.84 Å². The zero-order valence-electron chi connectivity index (χ0n) is 18.2. The molecule has 1 aliphatic heterocycles. The molecule has 1 saturated heterocycles. The van der Waals surface area contributed by atoms with E-state index in [1.807, 2.05) is 24.0 Å². The minimum absolute atomic E-state index is 0.0701. The standard InChI is InChI=1S/C23H35NO4S/c1-5-16-29(27,28)17-23(26)12-10-22(11-13-23)14-15-24(20(22)25)19-8-6-18(7-9-19)21(2,3)4/h6-9,26H,5,10-17H2,1-4H3. The van der Waals surface area contributed by atoms with Crippen molar-refractivity contribution in [3.05, 3.63) is 29.8 Å². The molecule has 5 nitrogen and oxygen atoms in total. The topological polar surface area (TPSA) is 74.7 Å². The SMILES string of the molecule is CCCS(=O)(=O)CC1(O)CCC2(CCN(c3ccc(C(C)(C)C)cc3)C2=O)CC1. The van der Waals surface area contributed by atoms with Crippen LogP contribution in [-0.2, 0) is 20.0 Å². The van der Waals surface area contributed by atoms with Gasteiger partial charge in [-0.05, 0) is 61.6 Å². The summed E-state index contributed by atoms with van der Waals surface area (Å²) in [7, 11) is -3.25. The summed E-state index contributed by atoms with van der Waals surface area (Å²) in [6.45, 7) is 9.02. The van der Waals surface area contributed by atoms with Crippen LogP contribution >= 0.6 is 0 Å². The van der Waals surface area contributed by atoms with Gasteiger partial charge in [0.2, 0.25) is 5.91 Å². The summed E-state index contributed by atoms with van der Waals surface area (Å²) in [5.41, 5.74) is 0.579. The molecule has 1 aromatic carbocycles. The lowest BCUT2D eigenvalue weighted by molar-refractivity contribution is -0.130. The number of benzene rings is 1. The molecule has 2 fully saturated rings. The molecule has 0 aromatic heterocycles. The van der Waals surface area contributed by atoms with Gasteiger partial charge in [-0.2, -0.15) is 0 Å². The quantitative estimate of drug-likeness (QED) is 0.784. The maximum atomic E-state index is 13.3. The van der Waals surface area contributed by atoms with E-state index in [4.69, 9.17) is 0 Å². The average Bonchev–Trinajstić information content (AvgIpc) is 2.93. The second-order valence-electron chi connectivity index (χ2n) is 10.1. The number of nitrogens with zero attached hydrogens (tertiary/aromatic N) is 1. The van der Waals surface area contributed by atoms with Crippen LogP contribution < -0.4 is 4.90 Å². The van der Waals surface area contributed by atoms with E-state index in [1.54, 1.807) is 0 Å². The maximum Gasteiger partial charge on any atom is 0.233 e. The first kappa shape index (κ1) is 22.3. The summed E-state index contributed by atoms with van der Waals surface area (Å²) < 4.78 is 24.4. The van der Waals surface area contributed by atoms with Gasteiger partial charge < -0.3 is 10.0 Å². The fraction of sp³-hybridized carbons (Fsp3) is 0.696. The van der Waals surface area contributed by atoms with Gasteiger partial charge in [0.05, 0.1) is 22.5 Å². The highest BCUT2D eigenvalue weighted by atomic mass is 32.2. The first-order chi connectivity index (χ1) is 13.4. The van der Waals surface area contributed by atoms with Crippen molar-refractivity contribution in [2.75, 3.05) is 23.0 Å². The van der Waals surface area contributed by atoms with Gasteiger partial charge in [-0.15, -0.1) is 0 Å². The molecule has 6 heteroatoms. The van der Waals surface area contributed by atoms with E-state index in [1.165, 1.54) is 5.56 Å². The van der Waals surface area contributed by atoms with Gasteiger partial charge in [-0.1, -0.05) is 39.8 Å². The van der Waals surface area contributed by atoms with E-state index in [-0.39, 0.29) is 22.8 Å². The van der Waals surface area contributed by atoms with Crippen molar-refractivity contribution in [3.8, 4) is 0 Å². The van der Waals surface area contributed by atoms with Crippen LogP contribution in [-0.4, -0.2) is 43.1 Å². The number of anilines is 1. The van der Waals surface area contributed by atoms with Crippen molar-refractivity contribution in [3.63, 3.8) is 0 Å². The lowest BCUT2D eigenvalue weighted by atomic mass is 9.68. The van der Waals surface area contributed by atoms with Gasteiger partial charge in [-0.25, -0.2) is 8.42 Å². The van der Waals surface area contributed by atoms with Crippen LogP contribution in [0.15, 0.2) is 24.3 Å². The Morgan fingerprint density at radius 1 is 1.03 bits per heavy atom. The molecule has 162 valence electrons. The molecule has 1 saturated carbocycles. The first-order valence-electron chi connectivity index (χ1n) is 10.8. The highest BCUT2D eigenvalue weighted by molar-refractivity contribution is 7.91. The monoisotopic (exact) mass is 421 g/mol. The van der Waals surface area contributed by atoms with E-state index in [0.717, 1.165) is 12.1 Å². The molecule has 1 aromatic rings. The van der Waals surface area contributed by atoms with Gasteiger partial charge in [0, 0.05) is 12.2 Å². The van der Waals surface area contributed by atoms with Crippen molar-refractivity contribution >= 4 is 21.4 Å². The molecule has 0 unspecified atom stereocenters. The van der Waals surface area contributed by atoms with E-state index >= 15 is 0 Å². The fourth-order valence-electron chi connectivity index (χ4n) is 4.80. The van der Waals surface area contributed by atoms with Crippen molar-refractivity contribution in [2.45, 2.75) is 77.2 Å². The third-order valence-electron chi connectivity index (χ3n) is 6.70. The zero-order valence-corrected chi connectivity index (χ0v) is 19.0. The molecular formula is C23H35NO4S. The molecule has 1 aliphatic carbocycles. The number of sulfone groups is 1. The van der Waals surface area contributed by atoms with Crippen molar-refractivity contribution in [1.29, 1.82) is 0 Å². The second-order valence-corrected chi connectivity index (χ2v) is 12.3. The van der Waals surface area contributed by atoms with Crippen LogP contribution in [0.2, 0.25) is 0 Å². The molecule has 1 N–H and O–H groups in total. The minimum atomic E-state index is -3.25. The number of amides is 1. The Bertz CT molecular complexity index is 844. The number of hydrogen-bond acceptors (Lipinski definition) is 4. The Hall–Kier alpha value is -1.40. The van der Waals surface area contributed by atoms with E-state index in [2.05, 4.69) is 32.9 Å². The number of carbonyl (C=O) groups is 1. The molecule has 1 spiro atoms. The summed E-state index contributed by atoms with van der Waals surface area (Å²) in [5.74, 6) is 0.0489. The lowest BCUT2D eigenvalue weighted by Crippen LogP contribution is -2.47. The zero-order chi connectivity index (χ0) is 21.5. The normalized spacial score (nSPS) is 28.3. The third kappa shape index (κ3) is 4.69. The van der Waals surface area contributed by atoms with Gasteiger partial charge in [0.1, 0.15) is 0 Å². The van der Waals surface area contributed by atoms with Crippen molar-refractivity contribution in [2.24, 2.45) is 5.41 Å². The van der Waals surface area contributed by atoms with Gasteiger partial charge in [0.25, 0.3) is 0 Å². The molecule has 0 atom stereocenters. The van der Waals surface area contributed by atoms with Crippen LogP contribution in [0, 0.1) is 5.41 Å². The molecular weight excluding hydrogens is 386 g/mol. The minimum Gasteiger partial charge on any atom is -0.389 e. The van der Waals surface area contributed by atoms with E-state index < -0.39 is 20.9 Å². The van der Waals surface area contributed by atoms with Crippen molar-refractivity contribution < 1.29 is 18.3 Å². The Morgan fingerprint density at radius 2 is 1.62 bits per heavy atom. The predicted molar refractivity (Wildman–Crippen MR) is 117 cm³/mol. The second kappa shape index (κ2) is 7.69. The van der Waals surface area contributed by atoms with Crippen LogP contribution in [0.25, 0.3) is 0 Å². The third-order valence-corrected chi connectivity index (χ3v) is 8.71. The van der Waals surface area contributed by atoms with Crippen LogP contribution in [0.3, 0.4) is 0 Å². The fourth-order valence-corrected chi connectivity index (χ4v) is 6.68. The number of hydrogen-bond donors (Lipinski definition) is 1. The van der Waals surface area contributed by atoms with Crippen LogP contribution in [0.4, 0.5) is 5.69 Å². The largest absolute Gasteiger partial charge is 0.389 e. The molecule has 0 bridgehead atoms. The summed E-state index contributed by atoms with van der Waals surface area (Å²) in [4.78, 5) is 15.2. The Labute approximate surface area is 175 Å². The number of carbonyl (C=O) groups excluding carboxylic acids is 1. The predicted octanol–water partition coefficient (Wildman–Crippen LogP) is 3.84. The Morgan fingerprint density at radius 3 is 2.14 bits per heavy atom. The molecule has 1 heterocycles. The molecule has 3 rings (SSSR count).